The number of fused-ring (bicyclic) bond motifs is 1. The number of benzene rings is 1. The van der Waals surface area contributed by atoms with E-state index in [-0.39, 0.29) is 12.4 Å². The summed E-state index contributed by atoms with van der Waals surface area (Å²) in [7, 11) is 0. The van der Waals surface area contributed by atoms with E-state index >= 15 is 0 Å². The van der Waals surface area contributed by atoms with Crippen molar-refractivity contribution in [2.75, 3.05) is 0 Å². The summed E-state index contributed by atoms with van der Waals surface area (Å²) in [6.45, 7) is 2.03. The van der Waals surface area contributed by atoms with Crippen LogP contribution in [0.2, 0.25) is 0 Å². The van der Waals surface area contributed by atoms with Gasteiger partial charge in [-0.15, -0.1) is 11.3 Å². The van der Waals surface area contributed by atoms with Gasteiger partial charge in [0.2, 0.25) is 0 Å². The van der Waals surface area contributed by atoms with Gasteiger partial charge < -0.3 is 10.2 Å². The largest absolute Gasteiger partial charge is 0.508 e. The van der Waals surface area contributed by atoms with Gasteiger partial charge in [-0.1, -0.05) is 0 Å². The average Bonchev–Trinajstić information content (AvgIpc) is 2.47. The Morgan fingerprint density at radius 1 is 1.31 bits per heavy atom. The third-order valence-corrected chi connectivity index (χ3v) is 3.26. The van der Waals surface area contributed by atoms with Crippen LogP contribution >= 0.6 is 11.3 Å². The molecule has 0 fully saturated rings. The Bertz CT molecular complexity index is 445. The summed E-state index contributed by atoms with van der Waals surface area (Å²) in [6, 6.07) is 5.37. The fraction of sp³-hybridized carbons (Fsp3) is 0.200. The first-order valence-electron chi connectivity index (χ1n) is 4.03. The monoisotopic (exact) mass is 194 g/mol. The van der Waals surface area contributed by atoms with Gasteiger partial charge in [0.15, 0.2) is 0 Å². The first-order chi connectivity index (χ1) is 6.20. The Morgan fingerprint density at radius 2 is 2.08 bits per heavy atom. The van der Waals surface area contributed by atoms with Crippen molar-refractivity contribution in [1.29, 1.82) is 0 Å². The van der Waals surface area contributed by atoms with E-state index in [1.54, 1.807) is 23.5 Å². The highest BCUT2D eigenvalue weighted by Gasteiger charge is 2.04. The fourth-order valence-electron chi connectivity index (χ4n) is 1.44. The molecule has 0 amide bonds. The van der Waals surface area contributed by atoms with Gasteiger partial charge in [0, 0.05) is 9.58 Å². The molecule has 1 heterocycles. The lowest BCUT2D eigenvalue weighted by Gasteiger charge is -1.96. The van der Waals surface area contributed by atoms with Crippen LogP contribution in [-0.2, 0) is 6.61 Å². The Labute approximate surface area is 80.1 Å². The number of aryl methyl sites for hydroxylation is 1. The van der Waals surface area contributed by atoms with Gasteiger partial charge in [0.05, 0.1) is 6.61 Å². The molecule has 0 spiro atoms. The molecule has 0 saturated heterocycles. The summed E-state index contributed by atoms with van der Waals surface area (Å²) in [5.41, 5.74) is 1.06. The second-order valence-corrected chi connectivity index (χ2v) is 4.19. The van der Waals surface area contributed by atoms with Crippen LogP contribution in [0, 0.1) is 6.92 Å². The highest BCUT2D eigenvalue weighted by molar-refractivity contribution is 7.19. The van der Waals surface area contributed by atoms with E-state index in [1.807, 2.05) is 13.0 Å². The quantitative estimate of drug-likeness (QED) is 0.731. The van der Waals surface area contributed by atoms with Crippen LogP contribution in [0.5, 0.6) is 5.75 Å². The molecule has 0 saturated carbocycles. The van der Waals surface area contributed by atoms with Crippen LogP contribution in [0.4, 0.5) is 0 Å². The zero-order valence-corrected chi connectivity index (χ0v) is 8.06. The summed E-state index contributed by atoms with van der Waals surface area (Å²) < 4.78 is 1.14. The first-order valence-corrected chi connectivity index (χ1v) is 4.85. The van der Waals surface area contributed by atoms with Crippen LogP contribution in [0.25, 0.3) is 10.1 Å². The smallest absolute Gasteiger partial charge is 0.116 e. The zero-order chi connectivity index (χ0) is 9.42. The normalized spacial score (nSPS) is 10.9. The Morgan fingerprint density at radius 3 is 2.77 bits per heavy atom. The number of phenolic OH excluding ortho intramolecular Hbond substituents is 1. The highest BCUT2D eigenvalue weighted by Crippen LogP contribution is 2.31. The van der Waals surface area contributed by atoms with Gasteiger partial charge in [0.1, 0.15) is 5.75 Å². The number of aliphatic hydroxyl groups excluding tert-OH is 1. The molecule has 0 radical (unpaired) electrons. The van der Waals surface area contributed by atoms with E-state index in [1.165, 1.54) is 0 Å². The summed E-state index contributed by atoms with van der Waals surface area (Å²) >= 11 is 1.57. The molecular weight excluding hydrogens is 184 g/mol. The zero-order valence-electron chi connectivity index (χ0n) is 7.24. The standard InChI is InChI=1S/C10H10O2S/c1-6-2-8(12)3-7-4-9(5-11)13-10(6)7/h2-4,11-12H,5H2,1H3. The lowest BCUT2D eigenvalue weighted by Crippen LogP contribution is -1.71. The van der Waals surface area contributed by atoms with Gasteiger partial charge in [-0.3, -0.25) is 0 Å². The lowest BCUT2D eigenvalue weighted by atomic mass is 10.2. The molecule has 1 aromatic heterocycles. The number of rotatable bonds is 1. The summed E-state index contributed by atoms with van der Waals surface area (Å²) in [4.78, 5) is 0.934. The van der Waals surface area contributed by atoms with Crippen LogP contribution in [0.1, 0.15) is 10.4 Å². The van der Waals surface area contributed by atoms with Gasteiger partial charge in [-0.05, 0) is 36.1 Å². The van der Waals surface area contributed by atoms with E-state index in [0.717, 1.165) is 20.5 Å². The fourth-order valence-corrected chi connectivity index (χ4v) is 2.41. The maximum Gasteiger partial charge on any atom is 0.116 e. The van der Waals surface area contributed by atoms with Gasteiger partial charge >= 0.3 is 0 Å². The summed E-state index contributed by atoms with van der Waals surface area (Å²) in [5, 5.41) is 19.3. The second-order valence-electron chi connectivity index (χ2n) is 3.05. The Kier molecular flexibility index (Phi) is 1.98. The number of aliphatic hydroxyl groups is 1. The van der Waals surface area contributed by atoms with Gasteiger partial charge in [-0.25, -0.2) is 0 Å². The molecule has 68 valence electrons. The average molecular weight is 194 g/mol. The Balaban J connectivity index is 2.75. The molecule has 0 aliphatic rings. The van der Waals surface area contributed by atoms with Crippen LogP contribution in [0.15, 0.2) is 18.2 Å². The SMILES string of the molecule is Cc1cc(O)cc2cc(CO)sc12. The molecule has 0 aliphatic heterocycles. The summed E-state index contributed by atoms with van der Waals surface area (Å²) in [6.07, 6.45) is 0. The van der Waals surface area contributed by atoms with Crippen molar-refractivity contribution in [2.24, 2.45) is 0 Å². The maximum atomic E-state index is 9.34. The van der Waals surface area contributed by atoms with Gasteiger partial charge in [-0.2, -0.15) is 0 Å². The summed E-state index contributed by atoms with van der Waals surface area (Å²) in [5.74, 6) is 0.285. The molecule has 2 N–H and O–H groups in total. The van der Waals surface area contributed by atoms with Crippen molar-refractivity contribution in [3.8, 4) is 5.75 Å². The molecule has 1 aromatic carbocycles. The van der Waals surface area contributed by atoms with Gasteiger partial charge in [0.25, 0.3) is 0 Å². The third-order valence-electron chi connectivity index (χ3n) is 1.99. The molecule has 0 unspecified atom stereocenters. The van der Waals surface area contributed by atoms with E-state index in [0.29, 0.717) is 0 Å². The van der Waals surface area contributed by atoms with Crippen molar-refractivity contribution in [2.45, 2.75) is 13.5 Å². The maximum absolute atomic E-state index is 9.34. The lowest BCUT2D eigenvalue weighted by molar-refractivity contribution is 0.285. The number of phenols is 1. The minimum atomic E-state index is 0.0690. The number of thiophene rings is 1. The van der Waals surface area contributed by atoms with Crippen LogP contribution < -0.4 is 0 Å². The highest BCUT2D eigenvalue weighted by atomic mass is 32.1. The predicted molar refractivity (Wildman–Crippen MR) is 54.1 cm³/mol. The molecule has 0 bridgehead atoms. The third kappa shape index (κ3) is 1.41. The molecule has 13 heavy (non-hydrogen) atoms. The molecular formula is C10H10O2S. The second kappa shape index (κ2) is 3.01. The number of hydrogen-bond donors (Lipinski definition) is 2. The molecule has 0 atom stereocenters. The van der Waals surface area contributed by atoms with Crippen molar-refractivity contribution in [1.82, 2.24) is 0 Å². The molecule has 2 rings (SSSR count). The van der Waals surface area contributed by atoms with Crippen molar-refractivity contribution in [3.63, 3.8) is 0 Å². The molecule has 2 aromatic rings. The van der Waals surface area contributed by atoms with Crippen molar-refractivity contribution >= 4 is 21.4 Å². The first kappa shape index (κ1) is 8.53. The van der Waals surface area contributed by atoms with Crippen LogP contribution in [0.3, 0.4) is 0 Å². The van der Waals surface area contributed by atoms with E-state index in [4.69, 9.17) is 5.11 Å². The van der Waals surface area contributed by atoms with E-state index < -0.39 is 0 Å². The predicted octanol–water partition coefficient (Wildman–Crippen LogP) is 2.41. The number of aromatic hydroxyl groups is 1. The molecule has 0 aliphatic carbocycles. The topological polar surface area (TPSA) is 40.5 Å². The van der Waals surface area contributed by atoms with Crippen LogP contribution in [-0.4, -0.2) is 10.2 Å². The molecule has 3 heteroatoms. The van der Waals surface area contributed by atoms with E-state index in [9.17, 15) is 5.11 Å². The minimum Gasteiger partial charge on any atom is -0.508 e. The Hall–Kier alpha value is -1.06. The van der Waals surface area contributed by atoms with Crippen molar-refractivity contribution < 1.29 is 10.2 Å². The van der Waals surface area contributed by atoms with E-state index in [2.05, 4.69) is 0 Å². The minimum absolute atomic E-state index is 0.0690. The molecule has 2 nitrogen and oxygen atoms in total. The van der Waals surface area contributed by atoms with Crippen molar-refractivity contribution in [3.05, 3.63) is 28.6 Å². The number of hydrogen-bond acceptors (Lipinski definition) is 3.